The van der Waals surface area contributed by atoms with Crippen LogP contribution >= 0.6 is 0 Å². The first kappa shape index (κ1) is 15.6. The van der Waals surface area contributed by atoms with Gasteiger partial charge >= 0.3 is 0 Å². The third-order valence-electron chi connectivity index (χ3n) is 3.88. The SMILES string of the molecule is Cc1cc(NC(=O)CN2CC(O)CC2c2ccc(F)cc2)no1. The van der Waals surface area contributed by atoms with Crippen LogP contribution in [-0.2, 0) is 4.79 Å². The molecule has 2 atom stereocenters. The number of benzene rings is 1. The van der Waals surface area contributed by atoms with Crippen LogP contribution in [0.15, 0.2) is 34.9 Å². The lowest BCUT2D eigenvalue weighted by Gasteiger charge is -2.23. The maximum atomic E-state index is 13.1. The Morgan fingerprint density at radius 3 is 2.87 bits per heavy atom. The largest absolute Gasteiger partial charge is 0.392 e. The summed E-state index contributed by atoms with van der Waals surface area (Å²) in [5.74, 6) is 0.434. The van der Waals surface area contributed by atoms with E-state index in [1.54, 1.807) is 25.1 Å². The maximum absolute atomic E-state index is 13.1. The molecular weight excluding hydrogens is 301 g/mol. The minimum atomic E-state index is -0.507. The van der Waals surface area contributed by atoms with Crippen molar-refractivity contribution >= 4 is 11.7 Å². The fraction of sp³-hybridized carbons (Fsp3) is 0.375. The first-order valence-corrected chi connectivity index (χ1v) is 7.42. The highest BCUT2D eigenvalue weighted by Crippen LogP contribution is 2.31. The highest BCUT2D eigenvalue weighted by Gasteiger charge is 2.33. The van der Waals surface area contributed by atoms with Crippen LogP contribution < -0.4 is 5.32 Å². The van der Waals surface area contributed by atoms with Crippen molar-refractivity contribution in [1.82, 2.24) is 10.1 Å². The fourth-order valence-corrected chi connectivity index (χ4v) is 2.88. The van der Waals surface area contributed by atoms with E-state index in [0.29, 0.717) is 24.5 Å². The van der Waals surface area contributed by atoms with Gasteiger partial charge in [0.2, 0.25) is 5.91 Å². The van der Waals surface area contributed by atoms with Gasteiger partial charge in [0.25, 0.3) is 0 Å². The molecule has 0 bridgehead atoms. The van der Waals surface area contributed by atoms with Crippen LogP contribution in [0.25, 0.3) is 0 Å². The Bertz CT molecular complexity index is 686. The Morgan fingerprint density at radius 1 is 1.48 bits per heavy atom. The molecule has 0 radical (unpaired) electrons. The van der Waals surface area contributed by atoms with E-state index in [-0.39, 0.29) is 24.3 Å². The highest BCUT2D eigenvalue weighted by molar-refractivity contribution is 5.91. The van der Waals surface area contributed by atoms with Crippen molar-refractivity contribution in [1.29, 1.82) is 0 Å². The Hall–Kier alpha value is -2.25. The smallest absolute Gasteiger partial charge is 0.239 e. The molecule has 1 saturated heterocycles. The number of carbonyl (C=O) groups excluding carboxylic acids is 1. The molecular formula is C16H18FN3O3. The van der Waals surface area contributed by atoms with Gasteiger partial charge in [-0.05, 0) is 31.0 Å². The van der Waals surface area contributed by atoms with Crippen LogP contribution in [0, 0.1) is 12.7 Å². The fourth-order valence-electron chi connectivity index (χ4n) is 2.88. The zero-order valence-corrected chi connectivity index (χ0v) is 12.7. The summed E-state index contributed by atoms with van der Waals surface area (Å²) >= 11 is 0. The number of likely N-dealkylation sites (tertiary alicyclic amines) is 1. The number of aromatic nitrogens is 1. The van der Waals surface area contributed by atoms with Crippen molar-refractivity contribution in [3.05, 3.63) is 47.5 Å². The van der Waals surface area contributed by atoms with Crippen molar-refractivity contribution in [2.45, 2.75) is 25.5 Å². The van der Waals surface area contributed by atoms with Gasteiger partial charge in [-0.15, -0.1) is 0 Å². The van der Waals surface area contributed by atoms with E-state index < -0.39 is 6.10 Å². The molecule has 2 N–H and O–H groups in total. The molecule has 2 heterocycles. The zero-order valence-electron chi connectivity index (χ0n) is 12.7. The number of carbonyl (C=O) groups is 1. The molecule has 1 aliphatic rings. The number of halogens is 1. The Balaban J connectivity index is 1.67. The van der Waals surface area contributed by atoms with Gasteiger partial charge in [-0.25, -0.2) is 4.39 Å². The van der Waals surface area contributed by atoms with Crippen LogP contribution in [0.2, 0.25) is 0 Å². The van der Waals surface area contributed by atoms with Crippen LogP contribution in [0.5, 0.6) is 0 Å². The zero-order chi connectivity index (χ0) is 16.4. The second-order valence-corrected chi connectivity index (χ2v) is 5.76. The number of amides is 1. The Morgan fingerprint density at radius 2 is 2.22 bits per heavy atom. The number of hydrogen-bond donors (Lipinski definition) is 2. The monoisotopic (exact) mass is 319 g/mol. The molecule has 1 amide bonds. The molecule has 3 rings (SSSR count). The summed E-state index contributed by atoms with van der Waals surface area (Å²) in [5, 5.41) is 16.3. The number of rotatable bonds is 4. The standard InChI is InChI=1S/C16H18FN3O3/c1-10-6-15(19-23-10)18-16(22)9-20-8-13(21)7-14(20)11-2-4-12(17)5-3-11/h2-6,13-14,21H,7-9H2,1H3,(H,18,19,22). The number of aryl methyl sites for hydroxylation is 1. The van der Waals surface area contributed by atoms with Gasteiger partial charge < -0.3 is 14.9 Å². The lowest BCUT2D eigenvalue weighted by atomic mass is 10.0. The molecule has 23 heavy (non-hydrogen) atoms. The van der Waals surface area contributed by atoms with Gasteiger partial charge in [0.15, 0.2) is 5.82 Å². The number of aliphatic hydroxyl groups is 1. The molecule has 122 valence electrons. The minimum Gasteiger partial charge on any atom is -0.392 e. The number of anilines is 1. The van der Waals surface area contributed by atoms with Crippen molar-refractivity contribution in [2.75, 3.05) is 18.4 Å². The van der Waals surface area contributed by atoms with E-state index in [0.717, 1.165) is 5.56 Å². The lowest BCUT2D eigenvalue weighted by Crippen LogP contribution is -2.33. The van der Waals surface area contributed by atoms with E-state index in [2.05, 4.69) is 10.5 Å². The normalized spacial score (nSPS) is 21.5. The van der Waals surface area contributed by atoms with Crippen LogP contribution in [0.1, 0.15) is 23.8 Å². The quantitative estimate of drug-likeness (QED) is 0.899. The minimum absolute atomic E-state index is 0.115. The summed E-state index contributed by atoms with van der Waals surface area (Å²) in [6.07, 6.45) is 0.00858. The first-order valence-electron chi connectivity index (χ1n) is 7.42. The number of nitrogens with zero attached hydrogens (tertiary/aromatic N) is 2. The molecule has 6 nitrogen and oxygen atoms in total. The Labute approximate surface area is 132 Å². The predicted octanol–water partition coefficient (Wildman–Crippen LogP) is 1.87. The molecule has 1 fully saturated rings. The molecule has 0 aliphatic carbocycles. The van der Waals surface area contributed by atoms with E-state index in [1.165, 1.54) is 12.1 Å². The summed E-state index contributed by atoms with van der Waals surface area (Å²) < 4.78 is 18.0. The topological polar surface area (TPSA) is 78.6 Å². The third-order valence-corrected chi connectivity index (χ3v) is 3.88. The van der Waals surface area contributed by atoms with Gasteiger partial charge in [-0.1, -0.05) is 17.3 Å². The van der Waals surface area contributed by atoms with Crippen LogP contribution in [0.3, 0.4) is 0 Å². The van der Waals surface area contributed by atoms with Crippen molar-refractivity contribution in [3.8, 4) is 0 Å². The first-order chi connectivity index (χ1) is 11.0. The highest BCUT2D eigenvalue weighted by atomic mass is 19.1. The average Bonchev–Trinajstić information content (AvgIpc) is 3.06. The number of hydrogen-bond acceptors (Lipinski definition) is 5. The lowest BCUT2D eigenvalue weighted by molar-refractivity contribution is -0.117. The van der Waals surface area contributed by atoms with Crippen molar-refractivity contribution in [2.24, 2.45) is 0 Å². The molecule has 7 heteroatoms. The molecule has 1 aliphatic heterocycles. The average molecular weight is 319 g/mol. The van der Waals surface area contributed by atoms with Gasteiger partial charge in [0, 0.05) is 18.7 Å². The van der Waals surface area contributed by atoms with Crippen molar-refractivity contribution in [3.63, 3.8) is 0 Å². The number of nitrogens with one attached hydrogen (secondary N) is 1. The summed E-state index contributed by atoms with van der Waals surface area (Å²) in [7, 11) is 0. The molecule has 2 aromatic rings. The molecule has 1 aromatic carbocycles. The Kier molecular flexibility index (Phi) is 4.40. The summed E-state index contributed by atoms with van der Waals surface area (Å²) in [5.41, 5.74) is 0.882. The molecule has 0 spiro atoms. The predicted molar refractivity (Wildman–Crippen MR) is 81.2 cm³/mol. The summed E-state index contributed by atoms with van der Waals surface area (Å²) in [6.45, 7) is 2.25. The van der Waals surface area contributed by atoms with Crippen LogP contribution in [-0.4, -0.2) is 40.3 Å². The molecule has 1 aromatic heterocycles. The summed E-state index contributed by atoms with van der Waals surface area (Å²) in [4.78, 5) is 14.0. The third kappa shape index (κ3) is 3.75. The number of aliphatic hydroxyl groups excluding tert-OH is 1. The van der Waals surface area contributed by atoms with Gasteiger partial charge in [0.05, 0.1) is 12.6 Å². The summed E-state index contributed by atoms with van der Waals surface area (Å²) in [6, 6.07) is 7.66. The van der Waals surface area contributed by atoms with E-state index in [4.69, 9.17) is 4.52 Å². The van der Waals surface area contributed by atoms with Crippen molar-refractivity contribution < 1.29 is 18.8 Å². The van der Waals surface area contributed by atoms with Crippen LogP contribution in [0.4, 0.5) is 10.2 Å². The molecule has 2 unspecified atom stereocenters. The maximum Gasteiger partial charge on any atom is 0.239 e. The van der Waals surface area contributed by atoms with E-state index in [1.807, 2.05) is 4.90 Å². The molecule has 0 saturated carbocycles. The van der Waals surface area contributed by atoms with Gasteiger partial charge in [-0.2, -0.15) is 0 Å². The number of β-amino-alcohol motifs (C(OH)–C–C–N with tert-alkyl or cyclic N) is 1. The van der Waals surface area contributed by atoms with Gasteiger partial charge in [0.1, 0.15) is 11.6 Å². The second-order valence-electron chi connectivity index (χ2n) is 5.76. The van der Waals surface area contributed by atoms with E-state index >= 15 is 0 Å². The second kappa shape index (κ2) is 6.47. The van der Waals surface area contributed by atoms with E-state index in [9.17, 15) is 14.3 Å². The van der Waals surface area contributed by atoms with Gasteiger partial charge in [-0.3, -0.25) is 9.69 Å².